The zero-order valence-electron chi connectivity index (χ0n) is 17.1. The summed E-state index contributed by atoms with van der Waals surface area (Å²) in [5, 5.41) is 0. The van der Waals surface area contributed by atoms with Crippen molar-refractivity contribution in [1.82, 2.24) is 9.80 Å². The lowest BCUT2D eigenvalue weighted by molar-refractivity contribution is -0.135. The van der Waals surface area contributed by atoms with Gasteiger partial charge < -0.3 is 14.4 Å². The summed E-state index contributed by atoms with van der Waals surface area (Å²) in [6, 6.07) is 5.02. The van der Waals surface area contributed by atoms with Crippen LogP contribution in [0.2, 0.25) is 0 Å². The lowest BCUT2D eigenvalue weighted by Crippen LogP contribution is -2.51. The van der Waals surface area contributed by atoms with E-state index >= 15 is 0 Å². The summed E-state index contributed by atoms with van der Waals surface area (Å²) in [5.74, 6) is 1.75. The number of amides is 1. The van der Waals surface area contributed by atoms with E-state index in [0.717, 1.165) is 32.1 Å². The largest absolute Gasteiger partial charge is 0.493 e. The highest BCUT2D eigenvalue weighted by atomic mass is 16.5. The molecule has 2 aliphatic rings. The summed E-state index contributed by atoms with van der Waals surface area (Å²) in [6.07, 6.45) is 6.85. The van der Waals surface area contributed by atoms with E-state index in [2.05, 4.69) is 4.90 Å². The third-order valence-corrected chi connectivity index (χ3v) is 5.89. The smallest absolute Gasteiger partial charge is 0.260 e. The van der Waals surface area contributed by atoms with Crippen molar-refractivity contribution in [3.8, 4) is 11.5 Å². The van der Waals surface area contributed by atoms with Crippen LogP contribution < -0.4 is 9.47 Å². The standard InChI is InChI=1S/C22H32N2O4/c1-17(25)19-8-9-20(21(14-19)27-2)28-16-22(26)24-12-10-23(11-13-24)15-18-6-4-3-5-7-18/h8-9,14,18H,3-7,10-13,15-16H2,1-2H3. The fraction of sp³-hybridized carbons (Fsp3) is 0.636. The second-order valence-corrected chi connectivity index (χ2v) is 7.90. The van der Waals surface area contributed by atoms with Crippen LogP contribution >= 0.6 is 0 Å². The van der Waals surface area contributed by atoms with E-state index in [1.54, 1.807) is 18.2 Å². The van der Waals surface area contributed by atoms with E-state index in [0.29, 0.717) is 17.1 Å². The summed E-state index contributed by atoms with van der Waals surface area (Å²) in [6.45, 7) is 6.08. The maximum absolute atomic E-state index is 12.5. The molecule has 0 N–H and O–H groups in total. The fourth-order valence-corrected chi connectivity index (χ4v) is 4.15. The Morgan fingerprint density at radius 1 is 1.04 bits per heavy atom. The van der Waals surface area contributed by atoms with Crippen molar-refractivity contribution in [2.75, 3.05) is 46.4 Å². The SMILES string of the molecule is COc1cc(C(C)=O)ccc1OCC(=O)N1CCN(CC2CCCCC2)CC1. The van der Waals surface area contributed by atoms with Crippen molar-refractivity contribution in [2.24, 2.45) is 5.92 Å². The molecule has 1 saturated heterocycles. The van der Waals surface area contributed by atoms with Crippen LogP contribution in [0.1, 0.15) is 49.4 Å². The Labute approximate surface area is 167 Å². The van der Waals surface area contributed by atoms with Gasteiger partial charge in [0.2, 0.25) is 0 Å². The van der Waals surface area contributed by atoms with Crippen LogP contribution in [0, 0.1) is 5.92 Å². The quantitative estimate of drug-likeness (QED) is 0.672. The Kier molecular flexibility index (Phi) is 7.31. The van der Waals surface area contributed by atoms with Crippen molar-refractivity contribution in [3.63, 3.8) is 0 Å². The monoisotopic (exact) mass is 388 g/mol. The molecule has 1 aromatic carbocycles. The van der Waals surface area contributed by atoms with E-state index in [1.165, 1.54) is 52.7 Å². The van der Waals surface area contributed by atoms with Gasteiger partial charge in [0.25, 0.3) is 5.91 Å². The Bertz CT molecular complexity index is 677. The van der Waals surface area contributed by atoms with Gasteiger partial charge in [-0.25, -0.2) is 0 Å². The summed E-state index contributed by atoms with van der Waals surface area (Å²) < 4.78 is 11.0. The second kappa shape index (κ2) is 9.92. The molecule has 1 amide bonds. The molecule has 6 nitrogen and oxygen atoms in total. The van der Waals surface area contributed by atoms with Crippen LogP contribution in [0.25, 0.3) is 0 Å². The lowest BCUT2D eigenvalue weighted by atomic mass is 9.89. The highest BCUT2D eigenvalue weighted by Gasteiger charge is 2.24. The number of ether oxygens (including phenoxy) is 2. The zero-order valence-corrected chi connectivity index (χ0v) is 17.1. The molecular formula is C22H32N2O4. The zero-order chi connectivity index (χ0) is 19.9. The molecule has 0 bridgehead atoms. The number of benzene rings is 1. The highest BCUT2D eigenvalue weighted by molar-refractivity contribution is 5.94. The Morgan fingerprint density at radius 2 is 1.75 bits per heavy atom. The first-order valence-corrected chi connectivity index (χ1v) is 10.4. The Morgan fingerprint density at radius 3 is 2.39 bits per heavy atom. The number of ketones is 1. The first kappa shape index (κ1) is 20.6. The van der Waals surface area contributed by atoms with Gasteiger partial charge in [-0.2, -0.15) is 0 Å². The van der Waals surface area contributed by atoms with Crippen LogP contribution in [0.3, 0.4) is 0 Å². The summed E-state index contributed by atoms with van der Waals surface area (Å²) in [7, 11) is 1.53. The van der Waals surface area contributed by atoms with Crippen molar-refractivity contribution < 1.29 is 19.1 Å². The number of nitrogens with zero attached hydrogens (tertiary/aromatic N) is 2. The van der Waals surface area contributed by atoms with Crippen molar-refractivity contribution >= 4 is 11.7 Å². The van der Waals surface area contributed by atoms with E-state index in [1.807, 2.05) is 4.90 Å². The molecule has 0 aromatic heterocycles. The molecule has 0 atom stereocenters. The molecule has 3 rings (SSSR count). The third-order valence-electron chi connectivity index (χ3n) is 5.89. The first-order valence-electron chi connectivity index (χ1n) is 10.4. The molecule has 0 spiro atoms. The van der Waals surface area contributed by atoms with Crippen LogP contribution in [0.4, 0.5) is 0 Å². The minimum Gasteiger partial charge on any atom is -0.493 e. The molecule has 2 fully saturated rings. The molecule has 1 heterocycles. The average molecular weight is 389 g/mol. The average Bonchev–Trinajstić information content (AvgIpc) is 2.73. The highest BCUT2D eigenvalue weighted by Crippen LogP contribution is 2.28. The molecule has 0 unspecified atom stereocenters. The number of piperazine rings is 1. The van der Waals surface area contributed by atoms with Gasteiger partial charge in [-0.1, -0.05) is 19.3 Å². The molecule has 1 aliphatic heterocycles. The van der Waals surface area contributed by atoms with E-state index < -0.39 is 0 Å². The number of hydrogen-bond donors (Lipinski definition) is 0. The molecular weight excluding hydrogens is 356 g/mol. The van der Waals surface area contributed by atoms with Gasteiger partial charge in [-0.05, 0) is 43.9 Å². The van der Waals surface area contributed by atoms with Gasteiger partial charge >= 0.3 is 0 Å². The summed E-state index contributed by atoms with van der Waals surface area (Å²) in [5.41, 5.74) is 0.560. The van der Waals surface area contributed by atoms with Gasteiger partial charge in [-0.15, -0.1) is 0 Å². The molecule has 6 heteroatoms. The number of hydrogen-bond acceptors (Lipinski definition) is 5. The number of carbonyl (C=O) groups is 2. The van der Waals surface area contributed by atoms with Crippen LogP contribution in [0.15, 0.2) is 18.2 Å². The van der Waals surface area contributed by atoms with Gasteiger partial charge in [0, 0.05) is 38.3 Å². The number of methoxy groups -OCH3 is 1. The van der Waals surface area contributed by atoms with Crippen LogP contribution in [-0.4, -0.2) is 67.9 Å². The lowest BCUT2D eigenvalue weighted by Gasteiger charge is -2.37. The molecule has 154 valence electrons. The normalized spacial score (nSPS) is 18.7. The van der Waals surface area contributed by atoms with E-state index in [-0.39, 0.29) is 18.3 Å². The topological polar surface area (TPSA) is 59.1 Å². The van der Waals surface area contributed by atoms with Gasteiger partial charge in [-0.3, -0.25) is 14.5 Å². The van der Waals surface area contributed by atoms with E-state index in [4.69, 9.17) is 9.47 Å². The number of Topliss-reactive ketones (excluding diaryl/α,β-unsaturated/α-hetero) is 1. The predicted octanol–water partition coefficient (Wildman–Crippen LogP) is 3.00. The summed E-state index contributed by atoms with van der Waals surface area (Å²) in [4.78, 5) is 28.4. The second-order valence-electron chi connectivity index (χ2n) is 7.90. The van der Waals surface area contributed by atoms with Crippen LogP contribution in [-0.2, 0) is 4.79 Å². The number of rotatable bonds is 7. The third kappa shape index (κ3) is 5.47. The first-order chi connectivity index (χ1) is 13.6. The minimum absolute atomic E-state index is 0.00462. The summed E-state index contributed by atoms with van der Waals surface area (Å²) >= 11 is 0. The molecule has 1 aliphatic carbocycles. The van der Waals surface area contributed by atoms with E-state index in [9.17, 15) is 9.59 Å². The molecule has 1 saturated carbocycles. The van der Waals surface area contributed by atoms with Gasteiger partial charge in [0.15, 0.2) is 23.9 Å². The van der Waals surface area contributed by atoms with Crippen LogP contribution in [0.5, 0.6) is 11.5 Å². The predicted molar refractivity (Wildman–Crippen MR) is 108 cm³/mol. The van der Waals surface area contributed by atoms with Crippen molar-refractivity contribution in [1.29, 1.82) is 0 Å². The fourth-order valence-electron chi connectivity index (χ4n) is 4.15. The minimum atomic E-state index is -0.0352. The Hall–Kier alpha value is -2.08. The van der Waals surface area contributed by atoms with Crippen molar-refractivity contribution in [2.45, 2.75) is 39.0 Å². The van der Waals surface area contributed by atoms with Gasteiger partial charge in [0.1, 0.15) is 0 Å². The maximum atomic E-state index is 12.5. The van der Waals surface area contributed by atoms with Gasteiger partial charge in [0.05, 0.1) is 7.11 Å². The maximum Gasteiger partial charge on any atom is 0.260 e. The number of carbonyl (C=O) groups excluding carboxylic acids is 2. The molecule has 28 heavy (non-hydrogen) atoms. The van der Waals surface area contributed by atoms with Crippen molar-refractivity contribution in [3.05, 3.63) is 23.8 Å². The molecule has 0 radical (unpaired) electrons. The Balaban J connectivity index is 1.45. The molecule has 1 aromatic rings.